The molecule has 0 saturated heterocycles. The van der Waals surface area contributed by atoms with Crippen molar-refractivity contribution >= 4 is 11.6 Å². The predicted octanol–water partition coefficient (Wildman–Crippen LogP) is 1.42. The Balaban J connectivity index is 2.88. The highest BCUT2D eigenvalue weighted by Crippen LogP contribution is 2.24. The lowest BCUT2D eigenvalue weighted by Crippen LogP contribution is -2.26. The van der Waals surface area contributed by atoms with E-state index in [-0.39, 0.29) is 12.4 Å². The number of nitrogens with two attached hydrogens (primary N) is 2. The van der Waals surface area contributed by atoms with Crippen molar-refractivity contribution in [1.29, 1.82) is 0 Å². The number of pyridine rings is 1. The van der Waals surface area contributed by atoms with Gasteiger partial charge < -0.3 is 16.2 Å². The van der Waals surface area contributed by atoms with Gasteiger partial charge in [-0.3, -0.25) is 4.79 Å². The van der Waals surface area contributed by atoms with Crippen molar-refractivity contribution in [1.82, 2.24) is 4.98 Å². The second-order valence-electron chi connectivity index (χ2n) is 5.28. The van der Waals surface area contributed by atoms with Gasteiger partial charge in [-0.1, -0.05) is 20.8 Å². The molecular weight excluding hydrogens is 230 g/mol. The summed E-state index contributed by atoms with van der Waals surface area (Å²) < 4.78 is 5.53. The second-order valence-corrected chi connectivity index (χ2v) is 5.28. The van der Waals surface area contributed by atoms with Crippen molar-refractivity contribution < 1.29 is 9.53 Å². The SMILES string of the molecule is Cc1nc(N)cc(OCC(=O)C(C)(C)C)c1CN. The summed E-state index contributed by atoms with van der Waals surface area (Å²) in [6.07, 6.45) is 0. The van der Waals surface area contributed by atoms with E-state index in [9.17, 15) is 4.79 Å². The van der Waals surface area contributed by atoms with Gasteiger partial charge in [0.05, 0.1) is 0 Å². The van der Waals surface area contributed by atoms with E-state index in [1.54, 1.807) is 6.07 Å². The number of aryl methyl sites for hydroxylation is 1. The molecule has 0 aliphatic carbocycles. The molecule has 5 nitrogen and oxygen atoms in total. The highest BCUT2D eigenvalue weighted by atomic mass is 16.5. The number of rotatable bonds is 4. The molecule has 0 atom stereocenters. The molecule has 0 amide bonds. The van der Waals surface area contributed by atoms with Crippen LogP contribution in [0.2, 0.25) is 0 Å². The quantitative estimate of drug-likeness (QED) is 0.844. The first-order chi connectivity index (χ1) is 8.25. The maximum atomic E-state index is 11.8. The van der Waals surface area contributed by atoms with Crippen molar-refractivity contribution in [2.24, 2.45) is 11.1 Å². The standard InChI is InChI=1S/C13H21N3O2/c1-8-9(6-14)10(5-12(15)16-8)18-7-11(17)13(2,3)4/h5H,6-7,14H2,1-4H3,(H2,15,16). The number of carbonyl (C=O) groups excluding carboxylic acids is 1. The zero-order valence-electron chi connectivity index (χ0n) is 11.4. The number of ketones is 1. The first kappa shape index (κ1) is 14.4. The number of anilines is 1. The van der Waals surface area contributed by atoms with E-state index < -0.39 is 5.41 Å². The molecule has 0 bridgehead atoms. The van der Waals surface area contributed by atoms with Gasteiger partial charge in [0.2, 0.25) is 0 Å². The fourth-order valence-corrected chi connectivity index (χ4v) is 1.43. The van der Waals surface area contributed by atoms with Gasteiger partial charge in [0, 0.05) is 29.3 Å². The number of Topliss-reactive ketones (excluding diaryl/α,β-unsaturated/α-hetero) is 1. The van der Waals surface area contributed by atoms with Gasteiger partial charge >= 0.3 is 0 Å². The van der Waals surface area contributed by atoms with Crippen LogP contribution in [0.4, 0.5) is 5.82 Å². The number of hydrogen-bond donors (Lipinski definition) is 2. The third-order valence-corrected chi connectivity index (χ3v) is 2.71. The molecule has 18 heavy (non-hydrogen) atoms. The van der Waals surface area contributed by atoms with Crippen LogP contribution in [0.3, 0.4) is 0 Å². The van der Waals surface area contributed by atoms with Crippen LogP contribution in [0.1, 0.15) is 32.0 Å². The topological polar surface area (TPSA) is 91.2 Å². The number of hydrogen-bond acceptors (Lipinski definition) is 5. The average molecular weight is 251 g/mol. The minimum Gasteiger partial charge on any atom is -0.485 e. The number of carbonyl (C=O) groups is 1. The van der Waals surface area contributed by atoms with Crippen LogP contribution < -0.4 is 16.2 Å². The Bertz CT molecular complexity index is 450. The lowest BCUT2D eigenvalue weighted by molar-refractivity contribution is -0.128. The van der Waals surface area contributed by atoms with Crippen molar-refractivity contribution in [2.75, 3.05) is 12.3 Å². The van der Waals surface area contributed by atoms with Gasteiger partial charge in [-0.25, -0.2) is 4.98 Å². The monoisotopic (exact) mass is 251 g/mol. The summed E-state index contributed by atoms with van der Waals surface area (Å²) in [5, 5.41) is 0. The molecule has 0 fully saturated rings. The molecule has 0 aromatic carbocycles. The fraction of sp³-hybridized carbons (Fsp3) is 0.538. The van der Waals surface area contributed by atoms with E-state index >= 15 is 0 Å². The van der Waals surface area contributed by atoms with E-state index in [4.69, 9.17) is 16.2 Å². The molecule has 0 aliphatic heterocycles. The van der Waals surface area contributed by atoms with Crippen molar-refractivity contribution in [3.63, 3.8) is 0 Å². The smallest absolute Gasteiger partial charge is 0.175 e. The van der Waals surface area contributed by atoms with Gasteiger partial charge in [-0.2, -0.15) is 0 Å². The van der Waals surface area contributed by atoms with Gasteiger partial charge in [0.25, 0.3) is 0 Å². The predicted molar refractivity (Wildman–Crippen MR) is 71.2 cm³/mol. The molecule has 1 heterocycles. The largest absolute Gasteiger partial charge is 0.485 e. The average Bonchev–Trinajstić information content (AvgIpc) is 2.23. The highest BCUT2D eigenvalue weighted by molar-refractivity contribution is 5.85. The summed E-state index contributed by atoms with van der Waals surface area (Å²) in [4.78, 5) is 15.9. The van der Waals surface area contributed by atoms with E-state index in [2.05, 4.69) is 4.98 Å². The Morgan fingerprint density at radius 2 is 2.06 bits per heavy atom. The number of ether oxygens (including phenoxy) is 1. The Morgan fingerprint density at radius 3 is 2.56 bits per heavy atom. The van der Waals surface area contributed by atoms with E-state index in [0.717, 1.165) is 11.3 Å². The normalized spacial score (nSPS) is 11.4. The fourth-order valence-electron chi connectivity index (χ4n) is 1.43. The molecule has 0 unspecified atom stereocenters. The summed E-state index contributed by atoms with van der Waals surface area (Å²) in [5.74, 6) is 0.932. The maximum Gasteiger partial charge on any atom is 0.175 e. The molecule has 0 spiro atoms. The van der Waals surface area contributed by atoms with Gasteiger partial charge in [0.1, 0.15) is 18.2 Å². The molecule has 1 rings (SSSR count). The van der Waals surface area contributed by atoms with E-state index in [1.165, 1.54) is 0 Å². The van der Waals surface area contributed by atoms with Crippen molar-refractivity contribution in [3.8, 4) is 5.75 Å². The minimum absolute atomic E-state index is 0.0133. The van der Waals surface area contributed by atoms with E-state index in [0.29, 0.717) is 18.1 Å². The van der Waals surface area contributed by atoms with Crippen LogP contribution >= 0.6 is 0 Å². The Hall–Kier alpha value is -1.62. The third-order valence-electron chi connectivity index (χ3n) is 2.71. The Labute approximate surface area is 108 Å². The first-order valence-electron chi connectivity index (χ1n) is 5.88. The van der Waals surface area contributed by atoms with Gasteiger partial charge in [0.15, 0.2) is 5.78 Å². The third kappa shape index (κ3) is 3.43. The second kappa shape index (κ2) is 5.35. The molecule has 0 aliphatic rings. The number of nitrogen functional groups attached to an aromatic ring is 1. The zero-order valence-corrected chi connectivity index (χ0v) is 11.4. The van der Waals surface area contributed by atoms with Crippen molar-refractivity contribution in [2.45, 2.75) is 34.2 Å². The summed E-state index contributed by atoms with van der Waals surface area (Å²) in [7, 11) is 0. The summed E-state index contributed by atoms with van der Waals surface area (Å²) in [6.45, 7) is 7.70. The molecule has 1 aromatic heterocycles. The van der Waals surface area contributed by atoms with Crippen LogP contribution in [0.5, 0.6) is 5.75 Å². The summed E-state index contributed by atoms with van der Waals surface area (Å²) >= 11 is 0. The van der Waals surface area contributed by atoms with Crippen LogP contribution in [0.25, 0.3) is 0 Å². The van der Waals surface area contributed by atoms with Gasteiger partial charge in [-0.05, 0) is 6.92 Å². The highest BCUT2D eigenvalue weighted by Gasteiger charge is 2.22. The maximum absolute atomic E-state index is 11.8. The van der Waals surface area contributed by atoms with Crippen LogP contribution in [-0.4, -0.2) is 17.4 Å². The minimum atomic E-state index is -0.420. The van der Waals surface area contributed by atoms with Crippen molar-refractivity contribution in [3.05, 3.63) is 17.3 Å². The van der Waals surface area contributed by atoms with Crippen LogP contribution in [-0.2, 0) is 11.3 Å². The summed E-state index contributed by atoms with van der Waals surface area (Å²) in [6, 6.07) is 1.60. The molecule has 100 valence electrons. The molecule has 0 radical (unpaired) electrons. The molecule has 4 N–H and O–H groups in total. The first-order valence-corrected chi connectivity index (χ1v) is 5.88. The number of nitrogens with zero attached hydrogens (tertiary/aromatic N) is 1. The number of aromatic nitrogens is 1. The summed E-state index contributed by atoms with van der Waals surface area (Å²) in [5.41, 5.74) is 12.4. The Kier molecular flexibility index (Phi) is 4.29. The lowest BCUT2D eigenvalue weighted by Gasteiger charge is -2.18. The van der Waals surface area contributed by atoms with Crippen LogP contribution in [0, 0.1) is 12.3 Å². The van der Waals surface area contributed by atoms with Gasteiger partial charge in [-0.15, -0.1) is 0 Å². The zero-order chi connectivity index (χ0) is 13.9. The molecule has 0 saturated carbocycles. The molecular formula is C13H21N3O2. The molecule has 5 heteroatoms. The van der Waals surface area contributed by atoms with E-state index in [1.807, 2.05) is 27.7 Å². The Morgan fingerprint density at radius 1 is 1.44 bits per heavy atom. The molecule has 1 aromatic rings. The van der Waals surface area contributed by atoms with Crippen LogP contribution in [0.15, 0.2) is 6.07 Å². The lowest BCUT2D eigenvalue weighted by atomic mass is 9.91.